The van der Waals surface area contributed by atoms with Crippen LogP contribution in [-0.2, 0) is 0 Å². The average molecular weight is 355 g/mol. The van der Waals surface area contributed by atoms with Gasteiger partial charge >= 0.3 is 0 Å². The van der Waals surface area contributed by atoms with Gasteiger partial charge in [-0.05, 0) is 66.5 Å². The number of hydrogen-bond donors (Lipinski definition) is 1. The fourth-order valence-corrected chi connectivity index (χ4v) is 3.32. The molecule has 5 heteroatoms. The lowest BCUT2D eigenvalue weighted by atomic mass is 10.0. The first-order chi connectivity index (χ1) is 10.2. The standard InChI is InChI=1S/C16H23BrN2O2/c1-3-10-19(13-6-8-18-9-7-13)16(20)12-4-5-15(21-2)14(17)11-12/h4-5,11,13,18H,3,6-10H2,1-2H3. The van der Waals surface area contributed by atoms with Crippen LogP contribution in [0.1, 0.15) is 36.5 Å². The molecule has 0 unspecified atom stereocenters. The van der Waals surface area contributed by atoms with E-state index < -0.39 is 0 Å². The molecule has 21 heavy (non-hydrogen) atoms. The molecule has 0 aliphatic carbocycles. The third-order valence-corrected chi connectivity index (χ3v) is 4.49. The van der Waals surface area contributed by atoms with Crippen molar-refractivity contribution < 1.29 is 9.53 Å². The summed E-state index contributed by atoms with van der Waals surface area (Å²) in [6, 6.07) is 5.88. The smallest absolute Gasteiger partial charge is 0.254 e. The van der Waals surface area contributed by atoms with Crippen molar-refractivity contribution in [2.24, 2.45) is 0 Å². The van der Waals surface area contributed by atoms with Crippen LogP contribution in [0, 0.1) is 0 Å². The molecule has 1 aliphatic heterocycles. The van der Waals surface area contributed by atoms with Gasteiger partial charge in [-0.3, -0.25) is 4.79 Å². The summed E-state index contributed by atoms with van der Waals surface area (Å²) in [7, 11) is 1.63. The van der Waals surface area contributed by atoms with E-state index in [2.05, 4.69) is 28.2 Å². The van der Waals surface area contributed by atoms with E-state index in [4.69, 9.17) is 4.74 Å². The van der Waals surface area contributed by atoms with Gasteiger partial charge in [0.15, 0.2) is 0 Å². The molecule has 4 nitrogen and oxygen atoms in total. The van der Waals surface area contributed by atoms with E-state index in [0.717, 1.165) is 54.7 Å². The van der Waals surface area contributed by atoms with Gasteiger partial charge in [0.2, 0.25) is 0 Å². The van der Waals surface area contributed by atoms with E-state index in [1.54, 1.807) is 7.11 Å². The highest BCUT2D eigenvalue weighted by Gasteiger charge is 2.25. The van der Waals surface area contributed by atoms with Crippen molar-refractivity contribution in [2.45, 2.75) is 32.2 Å². The minimum absolute atomic E-state index is 0.118. The van der Waals surface area contributed by atoms with Crippen molar-refractivity contribution in [1.82, 2.24) is 10.2 Å². The summed E-state index contributed by atoms with van der Waals surface area (Å²) in [6.07, 6.45) is 3.04. The van der Waals surface area contributed by atoms with Crippen LogP contribution in [0.15, 0.2) is 22.7 Å². The minimum atomic E-state index is 0.118. The Morgan fingerprint density at radius 1 is 1.43 bits per heavy atom. The second-order valence-electron chi connectivity index (χ2n) is 5.33. The molecular formula is C16H23BrN2O2. The molecule has 0 atom stereocenters. The Labute approximate surface area is 135 Å². The van der Waals surface area contributed by atoms with Gasteiger partial charge < -0.3 is 15.0 Å². The molecule has 1 fully saturated rings. The molecule has 0 aromatic heterocycles. The van der Waals surface area contributed by atoms with Gasteiger partial charge in [-0.2, -0.15) is 0 Å². The summed E-state index contributed by atoms with van der Waals surface area (Å²) >= 11 is 3.45. The number of benzene rings is 1. The van der Waals surface area contributed by atoms with Gasteiger partial charge in [0.1, 0.15) is 5.75 Å². The predicted octanol–water partition coefficient (Wildman–Crippen LogP) is 3.06. The quantitative estimate of drug-likeness (QED) is 0.883. The fourth-order valence-electron chi connectivity index (χ4n) is 2.77. The summed E-state index contributed by atoms with van der Waals surface area (Å²) in [5, 5.41) is 3.35. The number of carbonyl (C=O) groups is 1. The zero-order valence-electron chi connectivity index (χ0n) is 12.7. The lowest BCUT2D eigenvalue weighted by Crippen LogP contribution is -2.46. The molecule has 1 amide bonds. The second-order valence-corrected chi connectivity index (χ2v) is 6.18. The maximum Gasteiger partial charge on any atom is 0.254 e. The lowest BCUT2D eigenvalue weighted by molar-refractivity contribution is 0.0642. The monoisotopic (exact) mass is 354 g/mol. The highest BCUT2D eigenvalue weighted by molar-refractivity contribution is 9.10. The van der Waals surface area contributed by atoms with Gasteiger partial charge in [-0.15, -0.1) is 0 Å². The molecule has 1 aromatic rings. The predicted molar refractivity (Wildman–Crippen MR) is 87.9 cm³/mol. The van der Waals surface area contributed by atoms with Gasteiger partial charge in [0.25, 0.3) is 5.91 Å². The number of halogens is 1. The van der Waals surface area contributed by atoms with E-state index in [1.165, 1.54) is 0 Å². The normalized spacial score (nSPS) is 15.8. The van der Waals surface area contributed by atoms with Crippen molar-refractivity contribution >= 4 is 21.8 Å². The molecule has 1 aromatic carbocycles. The number of piperidine rings is 1. The van der Waals surface area contributed by atoms with Gasteiger partial charge in [0.05, 0.1) is 11.6 Å². The lowest BCUT2D eigenvalue weighted by Gasteiger charge is -2.34. The molecule has 1 aliphatic rings. The van der Waals surface area contributed by atoms with Crippen LogP contribution in [0.25, 0.3) is 0 Å². The molecule has 0 spiro atoms. The van der Waals surface area contributed by atoms with Gasteiger partial charge in [0, 0.05) is 18.2 Å². The van der Waals surface area contributed by atoms with Crippen molar-refractivity contribution in [3.8, 4) is 5.75 Å². The van der Waals surface area contributed by atoms with E-state index in [9.17, 15) is 4.79 Å². The fraction of sp³-hybridized carbons (Fsp3) is 0.562. The topological polar surface area (TPSA) is 41.6 Å². The van der Waals surface area contributed by atoms with Crippen LogP contribution in [0.3, 0.4) is 0 Å². The Balaban J connectivity index is 2.19. The first-order valence-corrected chi connectivity index (χ1v) is 8.32. The number of nitrogens with one attached hydrogen (secondary N) is 1. The SMILES string of the molecule is CCCN(C(=O)c1ccc(OC)c(Br)c1)C1CCNCC1. The molecule has 0 saturated carbocycles. The van der Waals surface area contributed by atoms with Crippen molar-refractivity contribution in [1.29, 1.82) is 0 Å². The number of ether oxygens (including phenoxy) is 1. The zero-order valence-corrected chi connectivity index (χ0v) is 14.3. The summed E-state index contributed by atoms with van der Waals surface area (Å²) in [6.45, 7) is 4.91. The maximum absolute atomic E-state index is 12.8. The minimum Gasteiger partial charge on any atom is -0.496 e. The summed E-state index contributed by atoms with van der Waals surface area (Å²) in [4.78, 5) is 14.9. The molecule has 1 saturated heterocycles. The highest BCUT2D eigenvalue weighted by Crippen LogP contribution is 2.27. The van der Waals surface area contributed by atoms with E-state index in [1.807, 2.05) is 23.1 Å². The number of carbonyl (C=O) groups excluding carboxylic acids is 1. The zero-order chi connectivity index (χ0) is 15.2. The van der Waals surface area contributed by atoms with Crippen LogP contribution < -0.4 is 10.1 Å². The van der Waals surface area contributed by atoms with Crippen molar-refractivity contribution in [3.63, 3.8) is 0 Å². The van der Waals surface area contributed by atoms with Crippen LogP contribution in [0.5, 0.6) is 5.75 Å². The average Bonchev–Trinajstić information content (AvgIpc) is 2.52. The first kappa shape index (κ1) is 16.3. The number of hydrogen-bond acceptors (Lipinski definition) is 3. The molecule has 1 N–H and O–H groups in total. The molecule has 2 rings (SSSR count). The Morgan fingerprint density at radius 3 is 2.71 bits per heavy atom. The summed E-state index contributed by atoms with van der Waals surface area (Å²) in [5.41, 5.74) is 0.717. The third-order valence-electron chi connectivity index (χ3n) is 3.87. The van der Waals surface area contributed by atoms with E-state index in [0.29, 0.717) is 6.04 Å². The summed E-state index contributed by atoms with van der Waals surface area (Å²) < 4.78 is 6.04. The molecule has 0 radical (unpaired) electrons. The van der Waals surface area contributed by atoms with Crippen LogP contribution in [0.2, 0.25) is 0 Å². The van der Waals surface area contributed by atoms with Gasteiger partial charge in [-0.1, -0.05) is 6.92 Å². The second kappa shape index (κ2) is 7.80. The Kier molecular flexibility index (Phi) is 6.06. The number of nitrogens with zero attached hydrogens (tertiary/aromatic N) is 1. The van der Waals surface area contributed by atoms with Crippen LogP contribution >= 0.6 is 15.9 Å². The van der Waals surface area contributed by atoms with Crippen molar-refractivity contribution in [2.75, 3.05) is 26.7 Å². The molecule has 116 valence electrons. The Bertz CT molecular complexity index is 487. The molecule has 1 heterocycles. The molecule has 0 bridgehead atoms. The number of rotatable bonds is 5. The number of methoxy groups -OCH3 is 1. The highest BCUT2D eigenvalue weighted by atomic mass is 79.9. The third kappa shape index (κ3) is 3.98. The Hall–Kier alpha value is -1.07. The maximum atomic E-state index is 12.8. The van der Waals surface area contributed by atoms with Gasteiger partial charge in [-0.25, -0.2) is 0 Å². The number of amides is 1. The van der Waals surface area contributed by atoms with Crippen LogP contribution in [0.4, 0.5) is 0 Å². The largest absolute Gasteiger partial charge is 0.496 e. The van der Waals surface area contributed by atoms with E-state index >= 15 is 0 Å². The van der Waals surface area contributed by atoms with Crippen molar-refractivity contribution in [3.05, 3.63) is 28.2 Å². The Morgan fingerprint density at radius 2 is 2.14 bits per heavy atom. The molecular weight excluding hydrogens is 332 g/mol. The summed E-state index contributed by atoms with van der Waals surface area (Å²) in [5.74, 6) is 0.863. The first-order valence-electron chi connectivity index (χ1n) is 7.52. The van der Waals surface area contributed by atoms with Crippen LogP contribution in [-0.4, -0.2) is 43.6 Å². The van der Waals surface area contributed by atoms with E-state index in [-0.39, 0.29) is 5.91 Å².